The fraction of sp³-hybridized carbons (Fsp3) is 0. The Kier molecular flexibility index (Phi) is 3.26. The molecule has 7 nitrogen and oxygen atoms in total. The molecule has 1 rings (SSSR count). The fourth-order valence-electron chi connectivity index (χ4n) is 0.829. The fourth-order valence-corrected chi connectivity index (χ4v) is 0.829. The molecular weight excluding hydrogens is 202 g/mol. The number of rotatable bonds is 4. The Morgan fingerprint density at radius 2 is 2.33 bits per heavy atom. The Bertz CT molecular complexity index is 468. The number of aromatic carboxylic acids is 1. The molecule has 1 aromatic rings. The molecule has 0 radical (unpaired) electrons. The summed E-state index contributed by atoms with van der Waals surface area (Å²) in [5.41, 5.74) is 7.88. The van der Waals surface area contributed by atoms with Crippen molar-refractivity contribution in [3.8, 4) is 0 Å². The van der Waals surface area contributed by atoms with Crippen molar-refractivity contribution in [3.05, 3.63) is 39.8 Å². The monoisotopic (exact) mass is 207 g/mol. The van der Waals surface area contributed by atoms with E-state index >= 15 is 0 Å². The van der Waals surface area contributed by atoms with Gasteiger partial charge in [0.25, 0.3) is 0 Å². The average Bonchev–Trinajstić information content (AvgIpc) is 2.65. The Hall–Kier alpha value is -2.53. The highest BCUT2D eigenvalue weighted by atomic mass is 16.4. The third-order valence-corrected chi connectivity index (χ3v) is 1.41. The first-order chi connectivity index (χ1) is 7.17. The number of nitrogens with zero attached hydrogens (tertiary/aromatic N) is 3. The second-order valence-electron chi connectivity index (χ2n) is 2.38. The van der Waals surface area contributed by atoms with Gasteiger partial charge in [0, 0.05) is 4.91 Å². The van der Waals surface area contributed by atoms with Gasteiger partial charge in [-0.1, -0.05) is 5.11 Å². The summed E-state index contributed by atoms with van der Waals surface area (Å²) in [5, 5.41) is 11.6. The van der Waals surface area contributed by atoms with Gasteiger partial charge in [-0.05, 0) is 23.7 Å². The predicted molar refractivity (Wildman–Crippen MR) is 48.9 cm³/mol. The van der Waals surface area contributed by atoms with E-state index in [0.29, 0.717) is 6.29 Å². The summed E-state index contributed by atoms with van der Waals surface area (Å²) in [4.78, 5) is 23.2. The van der Waals surface area contributed by atoms with Crippen molar-refractivity contribution in [1.82, 2.24) is 0 Å². The summed E-state index contributed by atoms with van der Waals surface area (Å²) in [5.74, 6) is -1.35. The summed E-state index contributed by atoms with van der Waals surface area (Å²) in [6.07, 6.45) is 1.47. The highest BCUT2D eigenvalue weighted by Gasteiger charge is 2.07. The Morgan fingerprint density at radius 3 is 2.80 bits per heavy atom. The molecule has 0 aliphatic heterocycles. The Morgan fingerprint density at radius 1 is 1.60 bits per heavy atom. The third-order valence-electron chi connectivity index (χ3n) is 1.41. The molecule has 1 heterocycles. The van der Waals surface area contributed by atoms with E-state index in [-0.39, 0.29) is 17.2 Å². The van der Waals surface area contributed by atoms with Gasteiger partial charge in [0.05, 0.1) is 5.70 Å². The smallest absolute Gasteiger partial charge is 0.371 e. The molecular formula is C8H5N3O4. The SMILES string of the molecule is [N-]=[N+]=N/C(C=O)=C\c1ccc(C(=O)O)o1. The van der Waals surface area contributed by atoms with E-state index in [1.165, 1.54) is 12.1 Å². The summed E-state index contributed by atoms with van der Waals surface area (Å²) >= 11 is 0. The van der Waals surface area contributed by atoms with Crippen molar-refractivity contribution in [3.63, 3.8) is 0 Å². The molecule has 0 aliphatic carbocycles. The predicted octanol–water partition coefficient (Wildman–Crippen LogP) is 1.83. The van der Waals surface area contributed by atoms with Crippen LogP contribution in [0.3, 0.4) is 0 Å². The van der Waals surface area contributed by atoms with E-state index < -0.39 is 5.97 Å². The van der Waals surface area contributed by atoms with Gasteiger partial charge in [0.1, 0.15) is 5.76 Å². The van der Waals surface area contributed by atoms with Crippen molar-refractivity contribution < 1.29 is 19.1 Å². The molecule has 0 spiro atoms. The van der Waals surface area contributed by atoms with E-state index in [2.05, 4.69) is 10.0 Å². The van der Waals surface area contributed by atoms with Crippen LogP contribution in [0.1, 0.15) is 16.3 Å². The Labute approximate surface area is 83.2 Å². The van der Waals surface area contributed by atoms with Crippen LogP contribution in [0, 0.1) is 0 Å². The maximum atomic E-state index is 10.4. The number of hydrogen-bond acceptors (Lipinski definition) is 4. The number of carbonyl (C=O) groups excluding carboxylic acids is 1. The van der Waals surface area contributed by atoms with Crippen LogP contribution < -0.4 is 0 Å². The molecule has 0 bridgehead atoms. The molecule has 0 amide bonds. The minimum absolute atomic E-state index is 0.127. The molecule has 1 aromatic heterocycles. The number of azide groups is 1. The minimum atomic E-state index is -1.22. The normalized spacial score (nSPS) is 10.5. The molecule has 76 valence electrons. The highest BCUT2D eigenvalue weighted by molar-refractivity contribution is 5.85. The topological polar surface area (TPSA) is 116 Å². The number of aldehydes is 1. The standard InChI is InChI=1S/C8H5N3O4/c9-11-10-5(4-12)3-6-1-2-7(15-6)8(13)14/h1-4H,(H,13,14)/b5-3-. The van der Waals surface area contributed by atoms with E-state index in [9.17, 15) is 9.59 Å². The number of carboxylic acids is 1. The van der Waals surface area contributed by atoms with Gasteiger partial charge in [-0.3, -0.25) is 4.79 Å². The number of allylic oxidation sites excluding steroid dienone is 1. The van der Waals surface area contributed by atoms with Crippen LogP contribution >= 0.6 is 0 Å². The van der Waals surface area contributed by atoms with E-state index in [1.54, 1.807) is 0 Å². The molecule has 1 N–H and O–H groups in total. The molecule has 0 saturated carbocycles. The van der Waals surface area contributed by atoms with Crippen LogP contribution in [-0.2, 0) is 4.79 Å². The largest absolute Gasteiger partial charge is 0.475 e. The maximum Gasteiger partial charge on any atom is 0.371 e. The molecule has 0 fully saturated rings. The lowest BCUT2D eigenvalue weighted by atomic mass is 10.3. The highest BCUT2D eigenvalue weighted by Crippen LogP contribution is 2.11. The van der Waals surface area contributed by atoms with E-state index in [1.807, 2.05) is 0 Å². The van der Waals surface area contributed by atoms with Gasteiger partial charge in [0.2, 0.25) is 5.76 Å². The zero-order valence-corrected chi connectivity index (χ0v) is 7.32. The van der Waals surface area contributed by atoms with Gasteiger partial charge < -0.3 is 9.52 Å². The lowest BCUT2D eigenvalue weighted by Crippen LogP contribution is -1.91. The van der Waals surface area contributed by atoms with Crippen molar-refractivity contribution in [2.24, 2.45) is 5.11 Å². The van der Waals surface area contributed by atoms with Crippen LogP contribution in [0.15, 0.2) is 27.4 Å². The van der Waals surface area contributed by atoms with Gasteiger partial charge in [0.15, 0.2) is 6.29 Å². The second kappa shape index (κ2) is 4.64. The number of furan rings is 1. The molecule has 0 atom stereocenters. The number of carbonyl (C=O) groups is 2. The first kappa shape index (κ1) is 10.6. The summed E-state index contributed by atoms with van der Waals surface area (Å²) in [7, 11) is 0. The summed E-state index contributed by atoms with van der Waals surface area (Å²) < 4.78 is 4.81. The van der Waals surface area contributed by atoms with Gasteiger partial charge >= 0.3 is 5.97 Å². The van der Waals surface area contributed by atoms with E-state index in [0.717, 1.165) is 6.08 Å². The Balaban J connectivity index is 3.01. The second-order valence-corrected chi connectivity index (χ2v) is 2.38. The quantitative estimate of drug-likeness (QED) is 0.266. The van der Waals surface area contributed by atoms with Crippen LogP contribution in [0.2, 0.25) is 0 Å². The zero-order valence-electron chi connectivity index (χ0n) is 7.32. The van der Waals surface area contributed by atoms with Crippen molar-refractivity contribution in [2.75, 3.05) is 0 Å². The first-order valence-electron chi connectivity index (χ1n) is 3.72. The number of carboxylic acid groups (broad SMARTS) is 1. The van der Waals surface area contributed by atoms with Crippen LogP contribution in [0.4, 0.5) is 0 Å². The molecule has 7 heteroatoms. The number of hydrogen-bond donors (Lipinski definition) is 1. The van der Waals surface area contributed by atoms with Gasteiger partial charge in [-0.25, -0.2) is 4.79 Å². The lowest BCUT2D eigenvalue weighted by molar-refractivity contribution is -0.104. The van der Waals surface area contributed by atoms with Crippen molar-refractivity contribution >= 4 is 18.3 Å². The summed E-state index contributed by atoms with van der Waals surface area (Å²) in [6, 6.07) is 2.58. The van der Waals surface area contributed by atoms with Gasteiger partial charge in [-0.2, -0.15) is 0 Å². The first-order valence-corrected chi connectivity index (χ1v) is 3.72. The molecule has 0 aliphatic rings. The van der Waals surface area contributed by atoms with Crippen molar-refractivity contribution in [2.45, 2.75) is 0 Å². The maximum absolute atomic E-state index is 10.4. The molecule has 0 unspecified atom stereocenters. The molecule has 0 aromatic carbocycles. The van der Waals surface area contributed by atoms with Crippen LogP contribution in [0.25, 0.3) is 16.5 Å². The lowest BCUT2D eigenvalue weighted by Gasteiger charge is -1.87. The van der Waals surface area contributed by atoms with Crippen LogP contribution in [0.5, 0.6) is 0 Å². The zero-order chi connectivity index (χ0) is 11.3. The average molecular weight is 207 g/mol. The van der Waals surface area contributed by atoms with Gasteiger partial charge in [-0.15, -0.1) is 0 Å². The van der Waals surface area contributed by atoms with E-state index in [4.69, 9.17) is 15.1 Å². The van der Waals surface area contributed by atoms with Crippen LogP contribution in [-0.4, -0.2) is 17.4 Å². The molecule has 15 heavy (non-hydrogen) atoms. The third kappa shape index (κ3) is 2.71. The minimum Gasteiger partial charge on any atom is -0.475 e. The summed E-state index contributed by atoms with van der Waals surface area (Å²) in [6.45, 7) is 0. The molecule has 0 saturated heterocycles. The van der Waals surface area contributed by atoms with Crippen molar-refractivity contribution in [1.29, 1.82) is 0 Å².